The second kappa shape index (κ2) is 3.68. The van der Waals surface area contributed by atoms with Gasteiger partial charge in [0.15, 0.2) is 0 Å². The molecule has 2 heteroatoms. The van der Waals surface area contributed by atoms with Gasteiger partial charge in [0.05, 0.1) is 0 Å². The van der Waals surface area contributed by atoms with Crippen LogP contribution in [0, 0.1) is 0 Å². The van der Waals surface area contributed by atoms with Crippen molar-refractivity contribution in [2.45, 2.75) is 0 Å². The number of hydrogen-bond acceptors (Lipinski definition) is 2. The summed E-state index contributed by atoms with van der Waals surface area (Å²) in [7, 11) is 4.00. The Kier molecular flexibility index (Phi) is 3.42. The molecule has 0 rings (SSSR count). The highest BCUT2D eigenvalue weighted by Gasteiger charge is 1.77. The molecule has 2 N–H and O–H groups in total. The average Bonchev–Trinajstić information content (AvgIpc) is 1.61. The third-order valence-electron chi connectivity index (χ3n) is 0.607. The minimum atomic E-state index is 0.927. The molecular weight excluding hydrogens is 88.1 g/mol. The maximum atomic E-state index is 5.07. The first-order chi connectivity index (χ1) is 3.27. The lowest BCUT2D eigenvalue weighted by atomic mass is 10.6. The Morgan fingerprint density at radius 3 is 2.29 bits per heavy atom. The van der Waals surface area contributed by atoms with Crippen LogP contribution < -0.4 is 5.73 Å². The first-order valence-electron chi connectivity index (χ1n) is 2.29. The fourth-order valence-electron chi connectivity index (χ4n) is 0.272. The average molecular weight is 100 g/mol. The van der Waals surface area contributed by atoms with Gasteiger partial charge in [-0.05, 0) is 20.3 Å². The Morgan fingerprint density at radius 1 is 1.57 bits per heavy atom. The molecule has 0 aliphatic heterocycles. The molecule has 0 aromatic carbocycles. The molecule has 0 saturated heterocycles. The van der Waals surface area contributed by atoms with Crippen LogP contribution in [-0.4, -0.2) is 25.5 Å². The van der Waals surface area contributed by atoms with Gasteiger partial charge in [-0.15, -0.1) is 0 Å². The van der Waals surface area contributed by atoms with Gasteiger partial charge < -0.3 is 10.6 Å². The fraction of sp³-hybridized carbons (Fsp3) is 0.600. The summed E-state index contributed by atoms with van der Waals surface area (Å²) in [6, 6.07) is 0. The minimum absolute atomic E-state index is 0.927. The summed E-state index contributed by atoms with van der Waals surface area (Å²) in [4.78, 5) is 2.04. The van der Waals surface area contributed by atoms with Gasteiger partial charge in [0.2, 0.25) is 0 Å². The second-order valence-corrected chi connectivity index (χ2v) is 1.69. The van der Waals surface area contributed by atoms with E-state index in [2.05, 4.69) is 0 Å². The number of rotatable bonds is 2. The molecule has 0 aliphatic rings. The van der Waals surface area contributed by atoms with Crippen LogP contribution in [0.1, 0.15) is 0 Å². The van der Waals surface area contributed by atoms with E-state index >= 15 is 0 Å². The van der Waals surface area contributed by atoms with Gasteiger partial charge in [-0.1, -0.05) is 6.08 Å². The van der Waals surface area contributed by atoms with Gasteiger partial charge in [-0.25, -0.2) is 0 Å². The molecule has 0 heterocycles. The van der Waals surface area contributed by atoms with Gasteiger partial charge in [0.25, 0.3) is 0 Å². The van der Waals surface area contributed by atoms with Gasteiger partial charge >= 0.3 is 0 Å². The molecule has 0 saturated carbocycles. The lowest BCUT2D eigenvalue weighted by molar-refractivity contribution is 0.456. The summed E-state index contributed by atoms with van der Waals surface area (Å²) in [5.74, 6) is 0. The van der Waals surface area contributed by atoms with Crippen molar-refractivity contribution in [2.24, 2.45) is 5.73 Å². The molecular formula is C5H12N2. The summed E-state index contributed by atoms with van der Waals surface area (Å²) < 4.78 is 0. The standard InChI is InChI=1S/C5H12N2/c1-7(2)5-3-4-6/h3-4H,5-6H2,1-2H3/b4-3+. The molecule has 0 bridgehead atoms. The Hall–Kier alpha value is -0.500. The van der Waals surface area contributed by atoms with Crippen LogP contribution in [0.2, 0.25) is 0 Å². The quantitative estimate of drug-likeness (QED) is 0.530. The van der Waals surface area contributed by atoms with E-state index in [0.717, 1.165) is 6.54 Å². The predicted molar refractivity (Wildman–Crippen MR) is 31.9 cm³/mol. The molecule has 7 heavy (non-hydrogen) atoms. The molecule has 0 fully saturated rings. The number of hydrogen-bond donors (Lipinski definition) is 1. The van der Waals surface area contributed by atoms with Crippen LogP contribution in [0.25, 0.3) is 0 Å². The van der Waals surface area contributed by atoms with Crippen molar-refractivity contribution in [3.63, 3.8) is 0 Å². The van der Waals surface area contributed by atoms with Crippen molar-refractivity contribution >= 4 is 0 Å². The normalized spacial score (nSPS) is 11.3. The smallest absolute Gasteiger partial charge is 0.0174 e. The lowest BCUT2D eigenvalue weighted by Gasteiger charge is -2.01. The second-order valence-electron chi connectivity index (χ2n) is 1.69. The van der Waals surface area contributed by atoms with Gasteiger partial charge in [-0.3, -0.25) is 0 Å². The highest BCUT2D eigenvalue weighted by atomic mass is 15.0. The van der Waals surface area contributed by atoms with Crippen molar-refractivity contribution in [2.75, 3.05) is 20.6 Å². The Bertz CT molecular complexity index is 57.1. The van der Waals surface area contributed by atoms with Crippen molar-refractivity contribution in [3.8, 4) is 0 Å². The first kappa shape index (κ1) is 6.50. The van der Waals surface area contributed by atoms with Gasteiger partial charge in [0, 0.05) is 6.54 Å². The third kappa shape index (κ3) is 5.50. The zero-order valence-electron chi connectivity index (χ0n) is 4.89. The van der Waals surface area contributed by atoms with E-state index in [1.807, 2.05) is 25.1 Å². The van der Waals surface area contributed by atoms with Crippen LogP contribution >= 0.6 is 0 Å². The largest absolute Gasteiger partial charge is 0.405 e. The minimum Gasteiger partial charge on any atom is -0.405 e. The number of nitrogens with zero attached hydrogens (tertiary/aromatic N) is 1. The van der Waals surface area contributed by atoms with E-state index in [4.69, 9.17) is 5.73 Å². The Morgan fingerprint density at radius 2 is 2.14 bits per heavy atom. The van der Waals surface area contributed by atoms with E-state index in [9.17, 15) is 0 Å². The van der Waals surface area contributed by atoms with Crippen molar-refractivity contribution in [1.82, 2.24) is 4.90 Å². The molecule has 0 aliphatic carbocycles. The van der Waals surface area contributed by atoms with Crippen LogP contribution in [0.3, 0.4) is 0 Å². The Labute approximate surface area is 44.6 Å². The van der Waals surface area contributed by atoms with Gasteiger partial charge in [-0.2, -0.15) is 0 Å². The van der Waals surface area contributed by atoms with Crippen LogP contribution in [-0.2, 0) is 0 Å². The fourth-order valence-corrected chi connectivity index (χ4v) is 0.272. The molecule has 2 nitrogen and oxygen atoms in total. The van der Waals surface area contributed by atoms with Crippen LogP contribution in [0.4, 0.5) is 0 Å². The lowest BCUT2D eigenvalue weighted by Crippen LogP contribution is -2.10. The molecule has 42 valence electrons. The van der Waals surface area contributed by atoms with Crippen molar-refractivity contribution in [3.05, 3.63) is 12.3 Å². The zero-order valence-corrected chi connectivity index (χ0v) is 4.89. The van der Waals surface area contributed by atoms with Crippen molar-refractivity contribution < 1.29 is 0 Å². The maximum absolute atomic E-state index is 5.07. The monoisotopic (exact) mass is 100 g/mol. The maximum Gasteiger partial charge on any atom is 0.0174 e. The summed E-state index contributed by atoms with van der Waals surface area (Å²) >= 11 is 0. The topological polar surface area (TPSA) is 29.3 Å². The molecule has 0 amide bonds. The van der Waals surface area contributed by atoms with E-state index < -0.39 is 0 Å². The summed E-state index contributed by atoms with van der Waals surface area (Å²) in [5, 5.41) is 0. The number of likely N-dealkylation sites (N-methyl/N-ethyl adjacent to an activating group) is 1. The van der Waals surface area contributed by atoms with E-state index in [-0.39, 0.29) is 0 Å². The van der Waals surface area contributed by atoms with Crippen LogP contribution in [0.5, 0.6) is 0 Å². The SMILES string of the molecule is CN(C)C/C=C/N. The van der Waals surface area contributed by atoms with E-state index in [1.165, 1.54) is 0 Å². The molecule has 0 atom stereocenters. The summed E-state index contributed by atoms with van der Waals surface area (Å²) in [5.41, 5.74) is 5.07. The molecule has 0 aromatic heterocycles. The molecule has 0 radical (unpaired) electrons. The molecule has 0 spiro atoms. The highest BCUT2D eigenvalue weighted by molar-refractivity contribution is 4.77. The van der Waals surface area contributed by atoms with Crippen molar-refractivity contribution in [1.29, 1.82) is 0 Å². The zero-order chi connectivity index (χ0) is 5.70. The molecule has 0 aromatic rings. The summed E-state index contributed by atoms with van der Waals surface area (Å²) in [6.45, 7) is 0.927. The number of nitrogens with two attached hydrogens (primary N) is 1. The molecule has 0 unspecified atom stereocenters. The predicted octanol–water partition coefficient (Wildman–Crippen LogP) is 0.0204. The van der Waals surface area contributed by atoms with E-state index in [0.29, 0.717) is 0 Å². The third-order valence-corrected chi connectivity index (χ3v) is 0.607. The Balaban J connectivity index is 2.97. The highest BCUT2D eigenvalue weighted by Crippen LogP contribution is 1.71. The van der Waals surface area contributed by atoms with Gasteiger partial charge in [0.1, 0.15) is 0 Å². The van der Waals surface area contributed by atoms with E-state index in [1.54, 1.807) is 6.20 Å². The van der Waals surface area contributed by atoms with Crippen LogP contribution in [0.15, 0.2) is 12.3 Å². The first-order valence-corrected chi connectivity index (χ1v) is 2.29. The summed E-state index contributed by atoms with van der Waals surface area (Å²) in [6.07, 6.45) is 3.46.